The number of anilines is 1. The molecule has 3 rings (SSSR count). The number of carbonyl (C=O) groups is 2. The van der Waals surface area contributed by atoms with Crippen LogP contribution in [0.3, 0.4) is 0 Å². The molecular weight excluding hydrogens is 366 g/mol. The first-order chi connectivity index (χ1) is 13.0. The fraction of sp³-hybridized carbons (Fsp3) is 0.300. The molecule has 0 unspecified atom stereocenters. The van der Waals surface area contributed by atoms with E-state index in [-0.39, 0.29) is 24.4 Å². The molecule has 2 aromatic rings. The lowest BCUT2D eigenvalue weighted by atomic mass is 10.1. The zero-order chi connectivity index (χ0) is 19.2. The van der Waals surface area contributed by atoms with Gasteiger partial charge in [-0.1, -0.05) is 23.7 Å². The van der Waals surface area contributed by atoms with Gasteiger partial charge in [0.1, 0.15) is 5.75 Å². The largest absolute Gasteiger partial charge is 0.497 e. The maximum atomic E-state index is 12.2. The van der Waals surface area contributed by atoms with E-state index in [2.05, 4.69) is 10.6 Å². The van der Waals surface area contributed by atoms with E-state index in [9.17, 15) is 9.59 Å². The molecule has 0 saturated carbocycles. The first-order valence-corrected chi connectivity index (χ1v) is 9.16. The Balaban J connectivity index is 1.44. The molecule has 27 heavy (non-hydrogen) atoms. The second kappa shape index (κ2) is 8.77. The van der Waals surface area contributed by atoms with Crippen molar-refractivity contribution in [3.63, 3.8) is 0 Å². The van der Waals surface area contributed by atoms with Gasteiger partial charge in [-0.2, -0.15) is 0 Å². The van der Waals surface area contributed by atoms with Gasteiger partial charge in [-0.25, -0.2) is 4.79 Å². The van der Waals surface area contributed by atoms with E-state index in [1.165, 1.54) is 0 Å². The topological polar surface area (TPSA) is 70.7 Å². The monoisotopic (exact) mass is 387 g/mol. The van der Waals surface area contributed by atoms with Gasteiger partial charge in [0.25, 0.3) is 0 Å². The van der Waals surface area contributed by atoms with Crippen LogP contribution in [-0.2, 0) is 11.2 Å². The Labute approximate surface area is 163 Å². The molecule has 0 bridgehead atoms. The van der Waals surface area contributed by atoms with Gasteiger partial charge in [-0.15, -0.1) is 0 Å². The fourth-order valence-electron chi connectivity index (χ4n) is 3.02. The predicted octanol–water partition coefficient (Wildman–Crippen LogP) is 3.00. The molecule has 1 aliphatic heterocycles. The maximum Gasteiger partial charge on any atom is 0.315 e. The number of ether oxygens (including phenoxy) is 1. The summed E-state index contributed by atoms with van der Waals surface area (Å²) in [6.07, 6.45) is 1.01. The molecule has 142 valence electrons. The van der Waals surface area contributed by atoms with Crippen molar-refractivity contribution in [1.29, 1.82) is 0 Å². The summed E-state index contributed by atoms with van der Waals surface area (Å²) in [5.74, 6) is 0.793. The van der Waals surface area contributed by atoms with Crippen LogP contribution >= 0.6 is 11.6 Å². The molecule has 3 amide bonds. The van der Waals surface area contributed by atoms with Crippen LogP contribution in [-0.4, -0.2) is 38.2 Å². The Hall–Kier alpha value is -2.73. The van der Waals surface area contributed by atoms with Gasteiger partial charge >= 0.3 is 6.03 Å². The molecule has 1 heterocycles. The van der Waals surface area contributed by atoms with Gasteiger partial charge < -0.3 is 20.3 Å². The second-order valence-corrected chi connectivity index (χ2v) is 6.82. The number of hydrogen-bond donors (Lipinski definition) is 2. The number of urea groups is 1. The molecule has 0 aromatic heterocycles. The highest BCUT2D eigenvalue weighted by atomic mass is 35.5. The number of rotatable bonds is 6. The molecule has 1 aliphatic rings. The van der Waals surface area contributed by atoms with Gasteiger partial charge in [0.15, 0.2) is 0 Å². The highest BCUT2D eigenvalue weighted by molar-refractivity contribution is 6.30. The molecular formula is C20H22ClN3O3. The van der Waals surface area contributed by atoms with E-state index in [1.54, 1.807) is 36.3 Å². The molecule has 0 radical (unpaired) electrons. The summed E-state index contributed by atoms with van der Waals surface area (Å²) in [6.45, 7) is 0.964. The Morgan fingerprint density at radius 1 is 1.19 bits per heavy atom. The van der Waals surface area contributed by atoms with Crippen LogP contribution in [0.15, 0.2) is 48.5 Å². The summed E-state index contributed by atoms with van der Waals surface area (Å²) in [7, 11) is 1.63. The Bertz CT molecular complexity index is 793. The zero-order valence-electron chi connectivity index (χ0n) is 15.1. The molecule has 2 aromatic carbocycles. The van der Waals surface area contributed by atoms with Crippen LogP contribution in [0.25, 0.3) is 0 Å². The first-order valence-electron chi connectivity index (χ1n) is 8.78. The molecule has 7 heteroatoms. The third-order valence-corrected chi connectivity index (χ3v) is 4.71. The minimum atomic E-state index is -0.265. The first kappa shape index (κ1) is 19.0. The number of benzene rings is 2. The van der Waals surface area contributed by atoms with Crippen molar-refractivity contribution in [2.75, 3.05) is 25.1 Å². The van der Waals surface area contributed by atoms with Gasteiger partial charge in [0.2, 0.25) is 5.91 Å². The van der Waals surface area contributed by atoms with Crippen LogP contribution in [0.4, 0.5) is 10.5 Å². The molecule has 2 N–H and O–H groups in total. The molecule has 6 nitrogen and oxygen atoms in total. The van der Waals surface area contributed by atoms with Crippen molar-refractivity contribution in [3.05, 3.63) is 59.1 Å². The number of carbonyl (C=O) groups excluding carboxylic acids is 2. The number of hydrogen-bond acceptors (Lipinski definition) is 3. The van der Waals surface area contributed by atoms with Crippen LogP contribution < -0.4 is 20.3 Å². The zero-order valence-corrected chi connectivity index (χ0v) is 15.8. The lowest BCUT2D eigenvalue weighted by molar-refractivity contribution is -0.117. The van der Waals surface area contributed by atoms with Crippen LogP contribution in [0.5, 0.6) is 5.75 Å². The number of methoxy groups -OCH3 is 1. The van der Waals surface area contributed by atoms with Gasteiger partial charge in [-0.05, 0) is 48.4 Å². The SMILES string of the molecule is COc1ccc(CCNC(=O)N[C@@H]2CC(=O)N(c3ccc(Cl)cc3)C2)cc1. The smallest absolute Gasteiger partial charge is 0.315 e. The summed E-state index contributed by atoms with van der Waals surface area (Å²) in [5.41, 5.74) is 1.90. The number of nitrogens with one attached hydrogen (secondary N) is 2. The Morgan fingerprint density at radius 2 is 1.89 bits per heavy atom. The number of nitrogens with zero attached hydrogens (tertiary/aromatic N) is 1. The second-order valence-electron chi connectivity index (χ2n) is 6.38. The van der Waals surface area contributed by atoms with Gasteiger partial charge in [0, 0.05) is 30.2 Å². The van der Waals surface area contributed by atoms with Crippen molar-refractivity contribution in [3.8, 4) is 5.75 Å². The molecule has 1 fully saturated rings. The summed E-state index contributed by atoms with van der Waals surface area (Å²) >= 11 is 5.89. The summed E-state index contributed by atoms with van der Waals surface area (Å²) in [5, 5.41) is 6.32. The molecule has 1 saturated heterocycles. The average Bonchev–Trinajstić information content (AvgIpc) is 3.03. The van der Waals surface area contributed by atoms with E-state index in [1.807, 2.05) is 24.3 Å². The van der Waals surface area contributed by atoms with Crippen LogP contribution in [0, 0.1) is 0 Å². The predicted molar refractivity (Wildman–Crippen MR) is 105 cm³/mol. The normalized spacial score (nSPS) is 16.3. The Kier molecular flexibility index (Phi) is 6.19. The summed E-state index contributed by atoms with van der Waals surface area (Å²) in [4.78, 5) is 26.0. The molecule has 1 atom stereocenters. The maximum absolute atomic E-state index is 12.2. The van der Waals surface area contributed by atoms with Gasteiger partial charge in [-0.3, -0.25) is 4.79 Å². The third-order valence-electron chi connectivity index (χ3n) is 4.46. The van der Waals surface area contributed by atoms with Crippen molar-refractivity contribution < 1.29 is 14.3 Å². The van der Waals surface area contributed by atoms with E-state index in [0.717, 1.165) is 23.4 Å². The summed E-state index contributed by atoms with van der Waals surface area (Å²) < 4.78 is 5.12. The van der Waals surface area contributed by atoms with Crippen molar-refractivity contribution in [1.82, 2.24) is 10.6 Å². The van der Waals surface area contributed by atoms with Crippen molar-refractivity contribution >= 4 is 29.2 Å². The number of halogens is 1. The van der Waals surface area contributed by atoms with Crippen molar-refractivity contribution in [2.24, 2.45) is 0 Å². The Morgan fingerprint density at radius 3 is 2.56 bits per heavy atom. The summed E-state index contributed by atoms with van der Waals surface area (Å²) in [6, 6.07) is 14.3. The molecule has 0 aliphatic carbocycles. The van der Waals surface area contributed by atoms with E-state index in [0.29, 0.717) is 18.1 Å². The number of amides is 3. The lowest BCUT2D eigenvalue weighted by Gasteiger charge is -2.17. The highest BCUT2D eigenvalue weighted by Crippen LogP contribution is 2.23. The standard InChI is InChI=1S/C20H22ClN3O3/c1-27-18-8-2-14(3-9-18)10-11-22-20(26)23-16-12-19(25)24(13-16)17-6-4-15(21)5-7-17/h2-9,16H,10-13H2,1H3,(H2,22,23,26)/t16-/m1/s1. The fourth-order valence-corrected chi connectivity index (χ4v) is 3.15. The van der Waals surface area contributed by atoms with Crippen LogP contribution in [0.1, 0.15) is 12.0 Å². The lowest BCUT2D eigenvalue weighted by Crippen LogP contribution is -2.43. The minimum absolute atomic E-state index is 0.0131. The van der Waals surface area contributed by atoms with Crippen LogP contribution in [0.2, 0.25) is 5.02 Å². The average molecular weight is 388 g/mol. The minimum Gasteiger partial charge on any atom is -0.497 e. The van der Waals surface area contributed by atoms with E-state index in [4.69, 9.17) is 16.3 Å². The van der Waals surface area contributed by atoms with Crippen molar-refractivity contribution in [2.45, 2.75) is 18.9 Å². The van der Waals surface area contributed by atoms with E-state index < -0.39 is 0 Å². The third kappa shape index (κ3) is 5.14. The quantitative estimate of drug-likeness (QED) is 0.800. The van der Waals surface area contributed by atoms with E-state index >= 15 is 0 Å². The highest BCUT2D eigenvalue weighted by Gasteiger charge is 2.31. The molecule has 0 spiro atoms. The van der Waals surface area contributed by atoms with Gasteiger partial charge in [0.05, 0.1) is 13.2 Å².